The average molecular weight is 254 g/mol. The van der Waals surface area contributed by atoms with Crippen LogP contribution in [0.2, 0.25) is 0 Å². The van der Waals surface area contributed by atoms with Gasteiger partial charge in [-0.15, -0.1) is 0 Å². The van der Waals surface area contributed by atoms with E-state index in [1.807, 2.05) is 6.92 Å². The summed E-state index contributed by atoms with van der Waals surface area (Å²) in [4.78, 5) is 12.2. The van der Waals surface area contributed by atoms with Crippen molar-refractivity contribution in [2.75, 3.05) is 6.61 Å². The highest BCUT2D eigenvalue weighted by Gasteiger charge is 2.41. The minimum Gasteiger partial charge on any atom is -0.376 e. The molecule has 2 rings (SSSR count). The first kappa shape index (κ1) is 13.8. The highest BCUT2D eigenvalue weighted by molar-refractivity contribution is 5.79. The first-order chi connectivity index (χ1) is 8.61. The van der Waals surface area contributed by atoms with Gasteiger partial charge < -0.3 is 15.8 Å². The lowest BCUT2D eigenvalue weighted by atomic mass is 9.80. The van der Waals surface area contributed by atoms with E-state index < -0.39 is 0 Å². The second-order valence-electron chi connectivity index (χ2n) is 5.88. The van der Waals surface area contributed by atoms with Crippen molar-refractivity contribution in [3.8, 4) is 0 Å². The van der Waals surface area contributed by atoms with E-state index in [9.17, 15) is 4.79 Å². The molecule has 18 heavy (non-hydrogen) atoms. The predicted octanol–water partition coefficient (Wildman–Crippen LogP) is 1.43. The molecule has 0 aromatic rings. The predicted molar refractivity (Wildman–Crippen MR) is 71.1 cm³/mol. The number of amides is 1. The summed E-state index contributed by atoms with van der Waals surface area (Å²) in [6.45, 7) is 4.93. The van der Waals surface area contributed by atoms with Crippen LogP contribution in [-0.2, 0) is 9.53 Å². The van der Waals surface area contributed by atoms with Gasteiger partial charge in [-0.05, 0) is 44.9 Å². The van der Waals surface area contributed by atoms with Gasteiger partial charge in [-0.3, -0.25) is 4.79 Å². The van der Waals surface area contributed by atoms with Crippen LogP contribution in [0.5, 0.6) is 0 Å². The van der Waals surface area contributed by atoms with Crippen molar-refractivity contribution in [3.05, 3.63) is 0 Å². The Hall–Kier alpha value is -0.610. The Labute approximate surface area is 110 Å². The molecular weight excluding hydrogens is 228 g/mol. The van der Waals surface area contributed by atoms with Gasteiger partial charge >= 0.3 is 0 Å². The number of carbonyl (C=O) groups is 1. The van der Waals surface area contributed by atoms with Gasteiger partial charge in [-0.25, -0.2) is 0 Å². The Morgan fingerprint density at radius 3 is 2.56 bits per heavy atom. The van der Waals surface area contributed by atoms with Crippen molar-refractivity contribution in [1.29, 1.82) is 0 Å². The average Bonchev–Trinajstić information content (AvgIpc) is 2.36. The lowest BCUT2D eigenvalue weighted by Gasteiger charge is -2.43. The van der Waals surface area contributed by atoms with E-state index >= 15 is 0 Å². The van der Waals surface area contributed by atoms with E-state index in [-0.39, 0.29) is 30.0 Å². The Kier molecular flexibility index (Phi) is 4.62. The number of ether oxygens (including phenoxy) is 1. The molecule has 0 aliphatic heterocycles. The van der Waals surface area contributed by atoms with Gasteiger partial charge in [-0.2, -0.15) is 0 Å². The SMILES string of the molecule is CCOC1CC(N)C1NC(=O)C1CCC(C)CC1. The quantitative estimate of drug-likeness (QED) is 0.798. The zero-order valence-electron chi connectivity index (χ0n) is 11.5. The molecule has 3 N–H and O–H groups in total. The van der Waals surface area contributed by atoms with E-state index in [0.717, 1.165) is 25.2 Å². The molecule has 0 aromatic carbocycles. The zero-order valence-corrected chi connectivity index (χ0v) is 11.5. The van der Waals surface area contributed by atoms with Gasteiger partial charge in [0.25, 0.3) is 0 Å². The van der Waals surface area contributed by atoms with Crippen molar-refractivity contribution in [3.63, 3.8) is 0 Å². The van der Waals surface area contributed by atoms with Crippen LogP contribution in [0.1, 0.15) is 46.0 Å². The van der Waals surface area contributed by atoms with Crippen molar-refractivity contribution in [2.24, 2.45) is 17.6 Å². The van der Waals surface area contributed by atoms with E-state index in [4.69, 9.17) is 10.5 Å². The summed E-state index contributed by atoms with van der Waals surface area (Å²) in [6, 6.07) is 0.0878. The largest absolute Gasteiger partial charge is 0.376 e. The Morgan fingerprint density at radius 1 is 1.33 bits per heavy atom. The van der Waals surface area contributed by atoms with Crippen LogP contribution in [0.15, 0.2) is 0 Å². The van der Waals surface area contributed by atoms with Gasteiger partial charge in [0.2, 0.25) is 5.91 Å². The third-order valence-corrected chi connectivity index (χ3v) is 4.44. The van der Waals surface area contributed by atoms with Crippen LogP contribution >= 0.6 is 0 Å². The topological polar surface area (TPSA) is 64.3 Å². The van der Waals surface area contributed by atoms with Crippen LogP contribution in [0.3, 0.4) is 0 Å². The molecule has 2 aliphatic rings. The first-order valence-electron chi connectivity index (χ1n) is 7.29. The smallest absolute Gasteiger partial charge is 0.223 e. The molecule has 2 aliphatic carbocycles. The zero-order chi connectivity index (χ0) is 13.1. The molecule has 3 atom stereocenters. The van der Waals surface area contributed by atoms with E-state index in [0.29, 0.717) is 6.61 Å². The van der Waals surface area contributed by atoms with E-state index in [1.165, 1.54) is 12.8 Å². The lowest BCUT2D eigenvalue weighted by Crippen LogP contribution is -2.65. The maximum absolute atomic E-state index is 12.2. The third kappa shape index (κ3) is 3.04. The minimum atomic E-state index is 0.0248. The molecule has 0 aromatic heterocycles. The molecule has 4 nitrogen and oxygen atoms in total. The fraction of sp³-hybridized carbons (Fsp3) is 0.929. The van der Waals surface area contributed by atoms with Gasteiger partial charge in [0.05, 0.1) is 12.1 Å². The first-order valence-corrected chi connectivity index (χ1v) is 7.29. The van der Waals surface area contributed by atoms with Crippen molar-refractivity contribution in [2.45, 2.75) is 64.1 Å². The molecule has 3 unspecified atom stereocenters. The molecule has 0 saturated heterocycles. The Bertz CT molecular complexity index is 286. The summed E-state index contributed by atoms with van der Waals surface area (Å²) in [7, 11) is 0. The lowest BCUT2D eigenvalue weighted by molar-refractivity contribution is -0.130. The van der Waals surface area contributed by atoms with Crippen LogP contribution < -0.4 is 11.1 Å². The number of carbonyl (C=O) groups excluding carboxylic acids is 1. The summed E-state index contributed by atoms with van der Waals surface area (Å²) in [5.41, 5.74) is 5.95. The van der Waals surface area contributed by atoms with Crippen molar-refractivity contribution in [1.82, 2.24) is 5.32 Å². The summed E-state index contributed by atoms with van der Waals surface area (Å²) >= 11 is 0. The highest BCUT2D eigenvalue weighted by atomic mass is 16.5. The summed E-state index contributed by atoms with van der Waals surface area (Å²) in [5, 5.41) is 3.10. The third-order valence-electron chi connectivity index (χ3n) is 4.44. The number of nitrogens with two attached hydrogens (primary N) is 1. The Morgan fingerprint density at radius 2 is 2.00 bits per heavy atom. The molecule has 4 heteroatoms. The summed E-state index contributed by atoms with van der Waals surface area (Å²) < 4.78 is 5.57. The summed E-state index contributed by atoms with van der Waals surface area (Å²) in [5.74, 6) is 1.15. The van der Waals surface area contributed by atoms with E-state index in [2.05, 4.69) is 12.2 Å². The molecule has 104 valence electrons. The molecule has 1 amide bonds. The van der Waals surface area contributed by atoms with Crippen molar-refractivity contribution >= 4 is 5.91 Å². The molecule has 0 spiro atoms. The second-order valence-corrected chi connectivity index (χ2v) is 5.88. The van der Waals surface area contributed by atoms with Gasteiger partial charge in [0, 0.05) is 18.6 Å². The fourth-order valence-corrected chi connectivity index (χ4v) is 3.03. The van der Waals surface area contributed by atoms with Crippen LogP contribution in [-0.4, -0.2) is 30.7 Å². The van der Waals surface area contributed by atoms with E-state index in [1.54, 1.807) is 0 Å². The number of nitrogens with one attached hydrogen (secondary N) is 1. The van der Waals surface area contributed by atoms with Crippen LogP contribution in [0.4, 0.5) is 0 Å². The van der Waals surface area contributed by atoms with Gasteiger partial charge in [0.1, 0.15) is 0 Å². The molecule has 2 fully saturated rings. The Balaban J connectivity index is 1.79. The fourth-order valence-electron chi connectivity index (χ4n) is 3.03. The number of rotatable bonds is 4. The highest BCUT2D eigenvalue weighted by Crippen LogP contribution is 2.29. The van der Waals surface area contributed by atoms with Crippen LogP contribution in [0.25, 0.3) is 0 Å². The minimum absolute atomic E-state index is 0.0248. The normalized spacial score (nSPS) is 40.1. The second kappa shape index (κ2) is 6.02. The van der Waals surface area contributed by atoms with Crippen molar-refractivity contribution < 1.29 is 9.53 Å². The summed E-state index contributed by atoms with van der Waals surface area (Å²) in [6.07, 6.45) is 5.37. The standard InChI is InChI=1S/C14H26N2O2/c1-3-18-12-8-11(15)13(12)16-14(17)10-6-4-9(2)5-7-10/h9-13H,3-8,15H2,1-2H3,(H,16,17). The molecule has 2 saturated carbocycles. The maximum Gasteiger partial charge on any atom is 0.223 e. The van der Waals surface area contributed by atoms with Crippen LogP contribution in [0, 0.1) is 11.8 Å². The number of hydrogen-bond acceptors (Lipinski definition) is 3. The molecule has 0 bridgehead atoms. The number of hydrogen-bond donors (Lipinski definition) is 2. The monoisotopic (exact) mass is 254 g/mol. The van der Waals surface area contributed by atoms with Gasteiger partial charge in [0.15, 0.2) is 0 Å². The molecular formula is C14H26N2O2. The molecule has 0 radical (unpaired) electrons. The maximum atomic E-state index is 12.2. The van der Waals surface area contributed by atoms with Gasteiger partial charge in [-0.1, -0.05) is 6.92 Å². The molecule has 0 heterocycles.